The number of rotatable bonds is 2. The zero-order valence-corrected chi connectivity index (χ0v) is 12.6. The van der Waals surface area contributed by atoms with Gasteiger partial charge < -0.3 is 4.90 Å². The Morgan fingerprint density at radius 2 is 1.57 bits per heavy atom. The maximum absolute atomic E-state index is 12.5. The molecular formula is C17H17N3O3. The summed E-state index contributed by atoms with van der Waals surface area (Å²) < 4.78 is 0. The number of imide groups is 1. The van der Waals surface area contributed by atoms with Crippen molar-refractivity contribution in [2.75, 3.05) is 13.1 Å². The molecule has 0 radical (unpaired) electrons. The van der Waals surface area contributed by atoms with Crippen molar-refractivity contribution in [1.29, 1.82) is 0 Å². The van der Waals surface area contributed by atoms with Crippen LogP contribution in [0, 0.1) is 11.8 Å². The van der Waals surface area contributed by atoms with Crippen LogP contribution in [0.15, 0.2) is 36.7 Å². The highest BCUT2D eigenvalue weighted by Crippen LogP contribution is 2.37. The summed E-state index contributed by atoms with van der Waals surface area (Å²) in [5, 5.41) is 0. The summed E-state index contributed by atoms with van der Waals surface area (Å²) in [7, 11) is 0. The number of pyridine rings is 1. The van der Waals surface area contributed by atoms with Crippen LogP contribution in [0.5, 0.6) is 0 Å². The molecule has 0 N–H and O–H groups in total. The zero-order valence-electron chi connectivity index (χ0n) is 12.6. The molecule has 6 nitrogen and oxygen atoms in total. The lowest BCUT2D eigenvalue weighted by atomic mass is 9.85. The van der Waals surface area contributed by atoms with Crippen LogP contribution in [0.1, 0.15) is 23.2 Å². The molecule has 2 atom stereocenters. The number of aromatic nitrogens is 1. The summed E-state index contributed by atoms with van der Waals surface area (Å²) in [4.78, 5) is 44.3. The van der Waals surface area contributed by atoms with Crippen LogP contribution in [-0.2, 0) is 9.59 Å². The number of carbonyl (C=O) groups is 3. The Hall–Kier alpha value is -2.50. The van der Waals surface area contributed by atoms with E-state index in [-0.39, 0.29) is 35.6 Å². The average Bonchev–Trinajstić information content (AvgIpc) is 2.80. The Bertz CT molecular complexity index is 668. The molecule has 23 heavy (non-hydrogen) atoms. The standard InChI is InChI=1S/C17H17N3O3/c21-15(11-5-7-18-8-6-11)19-9-12(10-19)20-16(22)13-3-1-2-4-14(13)17(20)23/h1-2,5-8,12-14H,3-4,9-10H2. The van der Waals surface area contributed by atoms with Crippen LogP contribution in [0.4, 0.5) is 0 Å². The van der Waals surface area contributed by atoms with Gasteiger partial charge in [-0.05, 0) is 25.0 Å². The molecule has 0 spiro atoms. The number of likely N-dealkylation sites (tertiary alicyclic amines) is 2. The van der Waals surface area contributed by atoms with Crippen molar-refractivity contribution in [3.05, 3.63) is 42.2 Å². The Kier molecular flexibility index (Phi) is 3.25. The largest absolute Gasteiger partial charge is 0.334 e. The van der Waals surface area contributed by atoms with Gasteiger partial charge in [0.2, 0.25) is 11.8 Å². The number of fused-ring (bicyclic) bond motifs is 1. The van der Waals surface area contributed by atoms with Gasteiger partial charge in [-0.15, -0.1) is 0 Å². The van der Waals surface area contributed by atoms with Gasteiger partial charge in [0.15, 0.2) is 0 Å². The van der Waals surface area contributed by atoms with Gasteiger partial charge in [0.05, 0.1) is 17.9 Å². The summed E-state index contributed by atoms with van der Waals surface area (Å²) in [6.45, 7) is 0.844. The van der Waals surface area contributed by atoms with Crippen molar-refractivity contribution in [3.8, 4) is 0 Å². The fraction of sp³-hybridized carbons (Fsp3) is 0.412. The smallest absolute Gasteiger partial charge is 0.254 e. The monoisotopic (exact) mass is 311 g/mol. The van der Waals surface area contributed by atoms with E-state index in [1.54, 1.807) is 29.4 Å². The maximum Gasteiger partial charge on any atom is 0.254 e. The second kappa shape index (κ2) is 5.30. The summed E-state index contributed by atoms with van der Waals surface area (Å²) in [6, 6.07) is 3.16. The summed E-state index contributed by atoms with van der Waals surface area (Å²) >= 11 is 0. The first-order valence-electron chi connectivity index (χ1n) is 7.88. The highest BCUT2D eigenvalue weighted by molar-refractivity contribution is 6.06. The number of allylic oxidation sites excluding steroid dienone is 2. The maximum atomic E-state index is 12.5. The second-order valence-electron chi connectivity index (χ2n) is 6.30. The molecule has 118 valence electrons. The van der Waals surface area contributed by atoms with Crippen LogP contribution in [0.25, 0.3) is 0 Å². The van der Waals surface area contributed by atoms with E-state index in [1.165, 1.54) is 4.90 Å². The van der Waals surface area contributed by atoms with Gasteiger partial charge in [-0.25, -0.2) is 0 Å². The fourth-order valence-electron chi connectivity index (χ4n) is 3.65. The minimum atomic E-state index is -0.197. The number of carbonyl (C=O) groups excluding carboxylic acids is 3. The molecule has 2 fully saturated rings. The predicted molar refractivity (Wildman–Crippen MR) is 81.1 cm³/mol. The van der Waals surface area contributed by atoms with E-state index in [9.17, 15) is 14.4 Å². The normalized spacial score (nSPS) is 27.1. The SMILES string of the molecule is O=C(c1ccncc1)N1CC(N2C(=O)C3CC=CCC3C2=O)C1. The lowest BCUT2D eigenvalue weighted by Gasteiger charge is -2.43. The highest BCUT2D eigenvalue weighted by Gasteiger charge is 2.52. The van der Waals surface area contributed by atoms with E-state index in [2.05, 4.69) is 4.98 Å². The Balaban J connectivity index is 1.43. The minimum Gasteiger partial charge on any atom is -0.334 e. The first kappa shape index (κ1) is 14.1. The van der Waals surface area contributed by atoms with Crippen LogP contribution >= 0.6 is 0 Å². The van der Waals surface area contributed by atoms with Crippen molar-refractivity contribution in [3.63, 3.8) is 0 Å². The van der Waals surface area contributed by atoms with Crippen molar-refractivity contribution in [2.45, 2.75) is 18.9 Å². The molecule has 1 aliphatic carbocycles. The fourth-order valence-corrected chi connectivity index (χ4v) is 3.65. The molecule has 1 aromatic rings. The molecule has 3 aliphatic rings. The summed E-state index contributed by atoms with van der Waals surface area (Å²) in [6.07, 6.45) is 8.42. The first-order chi connectivity index (χ1) is 11.2. The molecule has 3 heterocycles. The third-order valence-corrected chi connectivity index (χ3v) is 4.98. The molecule has 2 saturated heterocycles. The van der Waals surface area contributed by atoms with Crippen LogP contribution in [0.3, 0.4) is 0 Å². The highest BCUT2D eigenvalue weighted by atomic mass is 16.2. The predicted octanol–water partition coefficient (Wildman–Crippen LogP) is 0.857. The molecular weight excluding hydrogens is 294 g/mol. The van der Waals surface area contributed by atoms with Gasteiger partial charge in [-0.1, -0.05) is 12.2 Å². The lowest BCUT2D eigenvalue weighted by Crippen LogP contribution is -2.62. The van der Waals surface area contributed by atoms with E-state index in [0.29, 0.717) is 31.5 Å². The van der Waals surface area contributed by atoms with Gasteiger partial charge in [-0.3, -0.25) is 24.3 Å². The van der Waals surface area contributed by atoms with Gasteiger partial charge in [0.1, 0.15) is 0 Å². The second-order valence-corrected chi connectivity index (χ2v) is 6.30. The molecule has 0 aromatic carbocycles. The minimum absolute atomic E-state index is 0.0645. The van der Waals surface area contributed by atoms with E-state index in [0.717, 1.165) is 0 Å². The van der Waals surface area contributed by atoms with E-state index >= 15 is 0 Å². The van der Waals surface area contributed by atoms with Crippen LogP contribution in [-0.4, -0.2) is 51.6 Å². The van der Waals surface area contributed by atoms with Gasteiger partial charge in [-0.2, -0.15) is 0 Å². The molecule has 0 bridgehead atoms. The number of hydrogen-bond acceptors (Lipinski definition) is 4. The molecule has 4 rings (SSSR count). The van der Waals surface area contributed by atoms with Gasteiger partial charge in [0.25, 0.3) is 5.91 Å². The Morgan fingerprint density at radius 3 is 2.13 bits per heavy atom. The quantitative estimate of drug-likeness (QED) is 0.600. The van der Waals surface area contributed by atoms with Gasteiger partial charge in [0, 0.05) is 31.0 Å². The third-order valence-electron chi connectivity index (χ3n) is 4.98. The Labute approximate surface area is 133 Å². The van der Waals surface area contributed by atoms with E-state index < -0.39 is 0 Å². The molecule has 3 amide bonds. The van der Waals surface area contributed by atoms with Crippen molar-refractivity contribution in [1.82, 2.24) is 14.8 Å². The van der Waals surface area contributed by atoms with Crippen molar-refractivity contribution < 1.29 is 14.4 Å². The zero-order chi connectivity index (χ0) is 16.0. The van der Waals surface area contributed by atoms with E-state index in [4.69, 9.17) is 0 Å². The molecule has 0 saturated carbocycles. The van der Waals surface area contributed by atoms with Crippen molar-refractivity contribution >= 4 is 17.7 Å². The number of hydrogen-bond donors (Lipinski definition) is 0. The summed E-state index contributed by atoms with van der Waals surface area (Å²) in [5.41, 5.74) is 0.579. The van der Waals surface area contributed by atoms with Gasteiger partial charge >= 0.3 is 0 Å². The first-order valence-corrected chi connectivity index (χ1v) is 7.88. The third kappa shape index (κ3) is 2.17. The average molecular weight is 311 g/mol. The summed E-state index contributed by atoms with van der Waals surface area (Å²) in [5.74, 6) is -0.604. The lowest BCUT2D eigenvalue weighted by molar-refractivity contribution is -0.145. The molecule has 2 aliphatic heterocycles. The van der Waals surface area contributed by atoms with Crippen LogP contribution in [0.2, 0.25) is 0 Å². The molecule has 1 aromatic heterocycles. The number of nitrogens with zero attached hydrogens (tertiary/aromatic N) is 3. The molecule has 6 heteroatoms. The molecule has 2 unspecified atom stereocenters. The van der Waals surface area contributed by atoms with E-state index in [1.807, 2.05) is 12.2 Å². The Morgan fingerprint density at radius 1 is 1.00 bits per heavy atom. The number of amides is 3. The van der Waals surface area contributed by atoms with Crippen LogP contribution < -0.4 is 0 Å². The topological polar surface area (TPSA) is 70.6 Å². The van der Waals surface area contributed by atoms with Crippen molar-refractivity contribution in [2.24, 2.45) is 11.8 Å².